The number of thioether (sulfide) groups is 2. The van der Waals surface area contributed by atoms with Crippen LogP contribution in [0.4, 0.5) is 0 Å². The molecule has 2 aromatic carbocycles. The first-order valence-electron chi connectivity index (χ1n) is 8.46. The highest BCUT2D eigenvalue weighted by Crippen LogP contribution is 2.30. The van der Waals surface area contributed by atoms with E-state index in [0.717, 1.165) is 20.0 Å². The van der Waals surface area contributed by atoms with Crippen LogP contribution >= 0.6 is 46.5 Å². The molecule has 3 aromatic rings. The molecule has 0 saturated carbocycles. The topological polar surface area (TPSA) is 87.5 Å². The van der Waals surface area contributed by atoms with Gasteiger partial charge < -0.3 is 5.11 Å². The second-order valence-electron chi connectivity index (χ2n) is 5.79. The Hall–Kier alpha value is -2.07. The van der Waals surface area contributed by atoms with Gasteiger partial charge in [-0.2, -0.15) is 5.10 Å². The van der Waals surface area contributed by atoms with Crippen molar-refractivity contribution in [1.29, 1.82) is 0 Å². The van der Waals surface area contributed by atoms with Crippen LogP contribution in [0.2, 0.25) is 5.02 Å². The summed E-state index contributed by atoms with van der Waals surface area (Å²) in [5.74, 6) is 0.816. The fourth-order valence-electron chi connectivity index (χ4n) is 2.19. The predicted octanol–water partition coefficient (Wildman–Crippen LogP) is 4.82. The zero-order valence-electron chi connectivity index (χ0n) is 15.3. The standard InChI is InChI=1S/C19H17ClN4O2S3/c1-12(15-4-2-3-5-16(15)25)21-22-17(26)11-28-19-24-23-18(29-19)27-10-13-6-8-14(20)9-7-13/h2-9,25H,10-11H2,1H3,(H,22,26)/b21-12+. The smallest absolute Gasteiger partial charge is 0.250 e. The molecule has 0 aliphatic rings. The Labute approximate surface area is 185 Å². The number of carbonyl (C=O) groups excluding carboxylic acids is 1. The number of hydrogen-bond acceptors (Lipinski definition) is 8. The Balaban J connectivity index is 1.45. The monoisotopic (exact) mass is 464 g/mol. The van der Waals surface area contributed by atoms with E-state index in [-0.39, 0.29) is 17.4 Å². The van der Waals surface area contributed by atoms with Crippen molar-refractivity contribution in [3.8, 4) is 5.75 Å². The van der Waals surface area contributed by atoms with E-state index in [4.69, 9.17) is 11.6 Å². The molecule has 1 aromatic heterocycles. The maximum atomic E-state index is 12.0. The lowest BCUT2D eigenvalue weighted by Crippen LogP contribution is -2.21. The molecule has 0 aliphatic heterocycles. The summed E-state index contributed by atoms with van der Waals surface area (Å²) in [7, 11) is 0. The lowest BCUT2D eigenvalue weighted by molar-refractivity contribution is -0.118. The molecule has 6 nitrogen and oxygen atoms in total. The van der Waals surface area contributed by atoms with Gasteiger partial charge in [-0.1, -0.05) is 70.7 Å². The molecular formula is C19H17ClN4O2S3. The van der Waals surface area contributed by atoms with E-state index in [2.05, 4.69) is 20.7 Å². The molecule has 10 heteroatoms. The van der Waals surface area contributed by atoms with E-state index >= 15 is 0 Å². The summed E-state index contributed by atoms with van der Waals surface area (Å²) in [5, 5.41) is 22.8. The third kappa shape index (κ3) is 6.74. The lowest BCUT2D eigenvalue weighted by Gasteiger charge is -2.04. The van der Waals surface area contributed by atoms with Crippen molar-refractivity contribution in [3.63, 3.8) is 0 Å². The summed E-state index contributed by atoms with van der Waals surface area (Å²) < 4.78 is 1.57. The van der Waals surface area contributed by atoms with Crippen LogP contribution in [0.25, 0.3) is 0 Å². The van der Waals surface area contributed by atoms with E-state index in [0.29, 0.717) is 16.3 Å². The van der Waals surface area contributed by atoms with Crippen molar-refractivity contribution in [1.82, 2.24) is 15.6 Å². The van der Waals surface area contributed by atoms with Crippen molar-refractivity contribution in [2.75, 3.05) is 5.75 Å². The summed E-state index contributed by atoms with van der Waals surface area (Å²) in [4.78, 5) is 12.0. The van der Waals surface area contributed by atoms with Crippen LogP contribution < -0.4 is 5.43 Å². The molecule has 0 bridgehead atoms. The van der Waals surface area contributed by atoms with Crippen LogP contribution in [0.5, 0.6) is 5.75 Å². The molecule has 1 heterocycles. The van der Waals surface area contributed by atoms with Gasteiger partial charge in [0.25, 0.3) is 5.91 Å². The van der Waals surface area contributed by atoms with Crippen molar-refractivity contribution in [3.05, 3.63) is 64.7 Å². The van der Waals surface area contributed by atoms with Crippen LogP contribution in [-0.4, -0.2) is 32.7 Å². The van der Waals surface area contributed by atoms with Crippen molar-refractivity contribution >= 4 is 58.1 Å². The molecule has 0 radical (unpaired) electrons. The highest BCUT2D eigenvalue weighted by atomic mass is 35.5. The van der Waals surface area contributed by atoms with Gasteiger partial charge in [-0.3, -0.25) is 4.79 Å². The normalized spacial score (nSPS) is 11.4. The number of rotatable bonds is 8. The average molecular weight is 465 g/mol. The van der Waals surface area contributed by atoms with Crippen LogP contribution in [0.3, 0.4) is 0 Å². The van der Waals surface area contributed by atoms with Gasteiger partial charge in [-0.05, 0) is 36.8 Å². The number of benzene rings is 2. The molecule has 0 saturated heterocycles. The Morgan fingerprint density at radius 2 is 1.83 bits per heavy atom. The van der Waals surface area contributed by atoms with Crippen LogP contribution in [0.1, 0.15) is 18.1 Å². The van der Waals surface area contributed by atoms with Crippen LogP contribution in [0, 0.1) is 0 Å². The molecule has 0 atom stereocenters. The number of nitrogens with one attached hydrogen (secondary N) is 1. The number of phenolic OH excluding ortho intramolecular Hbond substituents is 1. The Kier molecular flexibility index (Phi) is 7.93. The number of nitrogens with zero attached hydrogens (tertiary/aromatic N) is 3. The predicted molar refractivity (Wildman–Crippen MR) is 120 cm³/mol. The van der Waals surface area contributed by atoms with Gasteiger partial charge in [0.1, 0.15) is 5.75 Å². The molecule has 0 fully saturated rings. The minimum absolute atomic E-state index is 0.120. The molecule has 0 spiro atoms. The quantitative estimate of drug-likeness (QED) is 0.282. The van der Waals surface area contributed by atoms with Gasteiger partial charge in [0.15, 0.2) is 8.68 Å². The van der Waals surface area contributed by atoms with Gasteiger partial charge in [0.2, 0.25) is 0 Å². The van der Waals surface area contributed by atoms with E-state index in [1.54, 1.807) is 43.0 Å². The number of hydrogen-bond donors (Lipinski definition) is 2. The number of hydrazone groups is 1. The van der Waals surface area contributed by atoms with E-state index in [1.165, 1.54) is 23.1 Å². The summed E-state index contributed by atoms with van der Waals surface area (Å²) in [5.41, 5.74) is 4.75. The number of phenols is 1. The van der Waals surface area contributed by atoms with E-state index < -0.39 is 0 Å². The van der Waals surface area contributed by atoms with Gasteiger partial charge in [0.05, 0.1) is 11.5 Å². The summed E-state index contributed by atoms with van der Waals surface area (Å²) >= 11 is 10.2. The Morgan fingerprint density at radius 3 is 2.55 bits per heavy atom. The number of amides is 1. The average Bonchev–Trinajstić information content (AvgIpc) is 3.18. The van der Waals surface area contributed by atoms with Gasteiger partial charge >= 0.3 is 0 Å². The number of para-hydroxylation sites is 1. The minimum Gasteiger partial charge on any atom is -0.507 e. The number of aromatic nitrogens is 2. The fraction of sp³-hybridized carbons (Fsp3) is 0.158. The summed E-state index contributed by atoms with van der Waals surface area (Å²) in [6.45, 7) is 1.72. The van der Waals surface area contributed by atoms with E-state index in [9.17, 15) is 9.90 Å². The first-order valence-corrected chi connectivity index (χ1v) is 11.6. The fourth-order valence-corrected chi connectivity index (χ4v) is 5.08. The number of aromatic hydroxyl groups is 1. The van der Waals surface area contributed by atoms with Crippen molar-refractivity contribution < 1.29 is 9.90 Å². The third-order valence-electron chi connectivity index (χ3n) is 3.63. The third-order valence-corrected chi connectivity index (χ3v) is 7.15. The number of halogens is 1. The molecular weight excluding hydrogens is 448 g/mol. The highest BCUT2D eigenvalue weighted by Gasteiger charge is 2.09. The molecule has 0 unspecified atom stereocenters. The second-order valence-corrected chi connectivity index (χ2v) is 9.65. The van der Waals surface area contributed by atoms with Crippen LogP contribution in [0.15, 0.2) is 62.3 Å². The van der Waals surface area contributed by atoms with Crippen molar-refractivity contribution in [2.24, 2.45) is 5.10 Å². The van der Waals surface area contributed by atoms with Gasteiger partial charge in [0, 0.05) is 16.3 Å². The van der Waals surface area contributed by atoms with Crippen LogP contribution in [-0.2, 0) is 10.5 Å². The van der Waals surface area contributed by atoms with Crippen molar-refractivity contribution in [2.45, 2.75) is 21.4 Å². The first-order chi connectivity index (χ1) is 14.0. The Bertz CT molecular complexity index is 1010. The molecule has 2 N–H and O–H groups in total. The Morgan fingerprint density at radius 1 is 1.14 bits per heavy atom. The van der Waals surface area contributed by atoms with E-state index in [1.807, 2.05) is 24.3 Å². The van der Waals surface area contributed by atoms with Gasteiger partial charge in [-0.15, -0.1) is 10.2 Å². The maximum absolute atomic E-state index is 12.0. The number of carbonyl (C=O) groups is 1. The molecule has 3 rings (SSSR count). The SMILES string of the molecule is C/C(=N\NC(=O)CSc1nnc(SCc2ccc(Cl)cc2)s1)c1ccccc1O. The maximum Gasteiger partial charge on any atom is 0.250 e. The van der Waals surface area contributed by atoms with Gasteiger partial charge in [-0.25, -0.2) is 5.43 Å². The summed E-state index contributed by atoms with van der Waals surface area (Å²) in [6, 6.07) is 14.5. The second kappa shape index (κ2) is 10.6. The first kappa shape index (κ1) is 21.6. The highest BCUT2D eigenvalue weighted by molar-refractivity contribution is 8.03. The zero-order chi connectivity index (χ0) is 20.6. The minimum atomic E-state index is -0.254. The lowest BCUT2D eigenvalue weighted by atomic mass is 10.1. The molecule has 29 heavy (non-hydrogen) atoms. The molecule has 0 aliphatic carbocycles. The molecule has 150 valence electrons. The largest absolute Gasteiger partial charge is 0.507 e. The molecule has 1 amide bonds. The summed E-state index contributed by atoms with van der Waals surface area (Å²) in [6.07, 6.45) is 0. The zero-order valence-corrected chi connectivity index (χ0v) is 18.5.